The average Bonchev–Trinajstić information content (AvgIpc) is 2.42. The van der Waals surface area contributed by atoms with Crippen LogP contribution in [0.25, 0.3) is 0 Å². The van der Waals surface area contributed by atoms with Crippen LogP contribution >= 0.6 is 15.9 Å². The average molecular weight is 315 g/mol. The van der Waals surface area contributed by atoms with Crippen molar-refractivity contribution in [3.05, 3.63) is 30.1 Å². The lowest BCUT2D eigenvalue weighted by molar-refractivity contribution is -0.131. The van der Waals surface area contributed by atoms with Gasteiger partial charge in [0, 0.05) is 19.9 Å². The fourth-order valence-corrected chi connectivity index (χ4v) is 1.82. The number of pyridine rings is 1. The molecule has 1 unspecified atom stereocenters. The van der Waals surface area contributed by atoms with Crippen LogP contribution in [-0.4, -0.2) is 40.9 Å². The zero-order chi connectivity index (χ0) is 13.4. The lowest BCUT2D eigenvalue weighted by atomic mass is 10.2. The molecule has 5 heteroatoms. The second-order valence-corrected chi connectivity index (χ2v) is 5.05. The highest BCUT2D eigenvalue weighted by Gasteiger charge is 2.20. The third kappa shape index (κ3) is 4.74. The summed E-state index contributed by atoms with van der Waals surface area (Å²) in [5.41, 5.74) is 0.887. The third-order valence-electron chi connectivity index (χ3n) is 2.58. The molecule has 1 heterocycles. The van der Waals surface area contributed by atoms with Crippen molar-refractivity contribution in [2.24, 2.45) is 0 Å². The summed E-state index contributed by atoms with van der Waals surface area (Å²) in [5, 5.41) is 0. The van der Waals surface area contributed by atoms with Gasteiger partial charge in [0.15, 0.2) is 0 Å². The first kappa shape index (κ1) is 15.1. The van der Waals surface area contributed by atoms with E-state index in [1.165, 1.54) is 0 Å². The van der Waals surface area contributed by atoms with E-state index in [0.717, 1.165) is 12.1 Å². The van der Waals surface area contributed by atoms with Crippen molar-refractivity contribution in [2.45, 2.75) is 24.7 Å². The first-order valence-corrected chi connectivity index (χ1v) is 6.92. The van der Waals surface area contributed by atoms with Gasteiger partial charge in [0.1, 0.15) is 0 Å². The maximum absolute atomic E-state index is 12.2. The molecule has 100 valence electrons. The van der Waals surface area contributed by atoms with E-state index >= 15 is 0 Å². The Morgan fingerprint density at radius 3 is 2.89 bits per heavy atom. The summed E-state index contributed by atoms with van der Waals surface area (Å²) in [6.45, 7) is 3.60. The molecule has 0 aliphatic rings. The number of methoxy groups -OCH3 is 1. The number of halogens is 1. The van der Waals surface area contributed by atoms with Gasteiger partial charge >= 0.3 is 0 Å². The lowest BCUT2D eigenvalue weighted by Crippen LogP contribution is -2.38. The van der Waals surface area contributed by atoms with Crippen molar-refractivity contribution in [3.8, 4) is 0 Å². The molecule has 0 N–H and O–H groups in total. The Morgan fingerprint density at radius 1 is 1.56 bits per heavy atom. The van der Waals surface area contributed by atoms with E-state index in [2.05, 4.69) is 20.9 Å². The van der Waals surface area contributed by atoms with Gasteiger partial charge in [-0.05, 0) is 18.6 Å². The minimum atomic E-state index is -0.141. The first-order valence-electron chi connectivity index (χ1n) is 6.00. The highest BCUT2D eigenvalue weighted by atomic mass is 79.9. The molecule has 0 aromatic carbocycles. The van der Waals surface area contributed by atoms with Crippen LogP contribution in [-0.2, 0) is 16.1 Å². The number of rotatable bonds is 7. The molecule has 0 saturated heterocycles. The molecule has 1 rings (SSSR count). The number of carbonyl (C=O) groups excluding carboxylic acids is 1. The highest BCUT2D eigenvalue weighted by Crippen LogP contribution is 2.11. The lowest BCUT2D eigenvalue weighted by Gasteiger charge is -2.24. The van der Waals surface area contributed by atoms with Crippen LogP contribution in [0.1, 0.15) is 19.0 Å². The zero-order valence-corrected chi connectivity index (χ0v) is 12.4. The van der Waals surface area contributed by atoms with E-state index in [4.69, 9.17) is 4.74 Å². The third-order valence-corrected chi connectivity index (χ3v) is 3.62. The maximum atomic E-state index is 12.2. The minimum Gasteiger partial charge on any atom is -0.383 e. The van der Waals surface area contributed by atoms with Gasteiger partial charge in [0.25, 0.3) is 0 Å². The Morgan fingerprint density at radius 2 is 2.33 bits per heavy atom. The predicted molar refractivity (Wildman–Crippen MR) is 74.5 cm³/mol. The maximum Gasteiger partial charge on any atom is 0.236 e. The summed E-state index contributed by atoms with van der Waals surface area (Å²) < 4.78 is 5.04. The van der Waals surface area contributed by atoms with Crippen molar-refractivity contribution in [3.63, 3.8) is 0 Å². The number of ether oxygens (including phenoxy) is 1. The van der Waals surface area contributed by atoms with Crippen molar-refractivity contribution < 1.29 is 9.53 Å². The van der Waals surface area contributed by atoms with Crippen molar-refractivity contribution in [2.75, 3.05) is 20.3 Å². The molecule has 1 aromatic heterocycles. The van der Waals surface area contributed by atoms with Crippen LogP contribution < -0.4 is 0 Å². The van der Waals surface area contributed by atoms with Gasteiger partial charge < -0.3 is 9.64 Å². The summed E-state index contributed by atoms with van der Waals surface area (Å²) >= 11 is 3.40. The second kappa shape index (κ2) is 8.21. The van der Waals surface area contributed by atoms with Crippen LogP contribution in [0.2, 0.25) is 0 Å². The van der Waals surface area contributed by atoms with E-state index in [9.17, 15) is 4.79 Å². The summed E-state index contributed by atoms with van der Waals surface area (Å²) in [7, 11) is 1.63. The van der Waals surface area contributed by atoms with Crippen LogP contribution in [0.5, 0.6) is 0 Å². The SMILES string of the molecule is CCC(Br)C(=O)N(CCOC)Cc1ccccn1. The smallest absolute Gasteiger partial charge is 0.236 e. The summed E-state index contributed by atoms with van der Waals surface area (Å²) in [5.74, 6) is 0.0835. The quantitative estimate of drug-likeness (QED) is 0.725. The highest BCUT2D eigenvalue weighted by molar-refractivity contribution is 9.10. The van der Waals surface area contributed by atoms with E-state index in [0.29, 0.717) is 19.7 Å². The summed E-state index contributed by atoms with van der Waals surface area (Å²) in [4.78, 5) is 18.1. The Hall–Kier alpha value is -0.940. The molecule has 0 spiro atoms. The fraction of sp³-hybridized carbons (Fsp3) is 0.538. The number of carbonyl (C=O) groups is 1. The van der Waals surface area contributed by atoms with Gasteiger partial charge in [-0.15, -0.1) is 0 Å². The number of amides is 1. The molecule has 0 radical (unpaired) electrons. The first-order chi connectivity index (χ1) is 8.69. The van der Waals surface area contributed by atoms with Crippen LogP contribution in [0.3, 0.4) is 0 Å². The molecular formula is C13H19BrN2O2. The number of alkyl halides is 1. The van der Waals surface area contributed by atoms with E-state index in [1.54, 1.807) is 18.2 Å². The molecule has 4 nitrogen and oxygen atoms in total. The monoisotopic (exact) mass is 314 g/mol. The molecule has 1 atom stereocenters. The summed E-state index contributed by atoms with van der Waals surface area (Å²) in [6, 6.07) is 5.71. The Balaban J connectivity index is 2.69. The Labute approximate surface area is 116 Å². The molecule has 0 aliphatic heterocycles. The zero-order valence-electron chi connectivity index (χ0n) is 10.8. The molecule has 0 fully saturated rings. The van der Waals surface area contributed by atoms with Crippen LogP contribution in [0.15, 0.2) is 24.4 Å². The van der Waals surface area contributed by atoms with Crippen molar-refractivity contribution in [1.29, 1.82) is 0 Å². The standard InChI is InChI=1S/C13H19BrN2O2/c1-3-12(14)13(17)16(8-9-18-2)10-11-6-4-5-7-15-11/h4-7,12H,3,8-10H2,1-2H3. The minimum absolute atomic E-state index is 0.0835. The van der Waals surface area contributed by atoms with E-state index in [-0.39, 0.29) is 10.7 Å². The van der Waals surface area contributed by atoms with Crippen molar-refractivity contribution >= 4 is 21.8 Å². The fourth-order valence-electron chi connectivity index (χ4n) is 1.53. The summed E-state index contributed by atoms with van der Waals surface area (Å²) in [6.07, 6.45) is 2.50. The Kier molecular flexibility index (Phi) is 6.90. The molecule has 1 amide bonds. The Bertz CT molecular complexity index is 359. The predicted octanol–water partition coefficient (Wildman–Crippen LogP) is 2.23. The van der Waals surface area contributed by atoms with Gasteiger partial charge in [-0.25, -0.2) is 0 Å². The molecule has 0 aliphatic carbocycles. The largest absolute Gasteiger partial charge is 0.383 e. The second-order valence-electron chi connectivity index (χ2n) is 3.95. The van der Waals surface area contributed by atoms with Gasteiger partial charge in [-0.1, -0.05) is 28.9 Å². The number of hydrogen-bond donors (Lipinski definition) is 0. The molecule has 1 aromatic rings. The van der Waals surface area contributed by atoms with Gasteiger partial charge in [-0.2, -0.15) is 0 Å². The number of nitrogens with zero attached hydrogens (tertiary/aromatic N) is 2. The van der Waals surface area contributed by atoms with Crippen LogP contribution in [0.4, 0.5) is 0 Å². The van der Waals surface area contributed by atoms with E-state index < -0.39 is 0 Å². The van der Waals surface area contributed by atoms with Crippen LogP contribution in [0, 0.1) is 0 Å². The van der Waals surface area contributed by atoms with Crippen molar-refractivity contribution in [1.82, 2.24) is 9.88 Å². The molecule has 18 heavy (non-hydrogen) atoms. The topological polar surface area (TPSA) is 42.4 Å². The number of hydrogen-bond acceptors (Lipinski definition) is 3. The van der Waals surface area contributed by atoms with Gasteiger partial charge in [-0.3, -0.25) is 9.78 Å². The van der Waals surface area contributed by atoms with E-state index in [1.807, 2.05) is 25.1 Å². The molecule has 0 saturated carbocycles. The molecular weight excluding hydrogens is 296 g/mol. The van der Waals surface area contributed by atoms with Gasteiger partial charge in [0.2, 0.25) is 5.91 Å². The van der Waals surface area contributed by atoms with Gasteiger partial charge in [0.05, 0.1) is 23.7 Å². The molecule has 0 bridgehead atoms. The normalized spacial score (nSPS) is 12.2. The number of aromatic nitrogens is 1.